The number of rotatable bonds is 5. The van der Waals surface area contributed by atoms with Gasteiger partial charge in [-0.05, 0) is 52.4 Å². The van der Waals surface area contributed by atoms with E-state index in [2.05, 4.69) is 15.9 Å². The van der Waals surface area contributed by atoms with Gasteiger partial charge in [-0.1, -0.05) is 6.07 Å². The summed E-state index contributed by atoms with van der Waals surface area (Å²) in [5, 5.41) is 10.1. The van der Waals surface area contributed by atoms with Crippen molar-refractivity contribution in [2.24, 2.45) is 5.92 Å². The van der Waals surface area contributed by atoms with E-state index in [-0.39, 0.29) is 11.9 Å². The Labute approximate surface area is 109 Å². The van der Waals surface area contributed by atoms with Crippen LogP contribution in [0.15, 0.2) is 22.7 Å². The molecular formula is C13H16BrFO2. The molecule has 1 aromatic carbocycles. The van der Waals surface area contributed by atoms with Crippen LogP contribution in [0.4, 0.5) is 4.39 Å². The van der Waals surface area contributed by atoms with Gasteiger partial charge in [-0.15, -0.1) is 0 Å². The number of methoxy groups -OCH3 is 1. The predicted molar refractivity (Wildman–Crippen MR) is 67.3 cm³/mol. The van der Waals surface area contributed by atoms with Crippen molar-refractivity contribution in [3.63, 3.8) is 0 Å². The van der Waals surface area contributed by atoms with Crippen molar-refractivity contribution in [3.8, 4) is 0 Å². The third-order valence-corrected chi connectivity index (χ3v) is 3.77. The van der Waals surface area contributed by atoms with Gasteiger partial charge in [0.2, 0.25) is 0 Å². The van der Waals surface area contributed by atoms with E-state index in [9.17, 15) is 9.50 Å². The van der Waals surface area contributed by atoms with Gasteiger partial charge < -0.3 is 9.84 Å². The van der Waals surface area contributed by atoms with Crippen LogP contribution < -0.4 is 0 Å². The predicted octanol–water partition coefficient (Wildman–Crippen LogP) is 2.92. The lowest BCUT2D eigenvalue weighted by Crippen LogP contribution is -2.31. The molecule has 94 valence electrons. The third kappa shape index (κ3) is 3.27. The highest BCUT2D eigenvalue weighted by Crippen LogP contribution is 2.36. The Morgan fingerprint density at radius 3 is 2.76 bits per heavy atom. The third-order valence-electron chi connectivity index (χ3n) is 3.17. The van der Waals surface area contributed by atoms with Gasteiger partial charge in [-0.3, -0.25) is 0 Å². The summed E-state index contributed by atoms with van der Waals surface area (Å²) in [4.78, 5) is 0. The van der Waals surface area contributed by atoms with E-state index in [0.717, 1.165) is 18.4 Å². The highest BCUT2D eigenvalue weighted by Gasteiger charge is 2.36. The minimum Gasteiger partial charge on any atom is -0.390 e. The van der Waals surface area contributed by atoms with Gasteiger partial charge in [0.1, 0.15) is 5.82 Å². The van der Waals surface area contributed by atoms with Crippen molar-refractivity contribution < 1.29 is 14.2 Å². The zero-order valence-corrected chi connectivity index (χ0v) is 11.3. The molecule has 1 aromatic rings. The summed E-state index contributed by atoms with van der Waals surface area (Å²) in [6.07, 6.45) is 2.13. The van der Waals surface area contributed by atoms with Crippen LogP contribution in [0.5, 0.6) is 0 Å². The van der Waals surface area contributed by atoms with Crippen LogP contribution in [0.25, 0.3) is 0 Å². The van der Waals surface area contributed by atoms with Crippen LogP contribution in [0.1, 0.15) is 18.4 Å². The van der Waals surface area contributed by atoms with Crippen LogP contribution in [-0.2, 0) is 11.2 Å². The second kappa shape index (κ2) is 5.46. The van der Waals surface area contributed by atoms with E-state index < -0.39 is 6.10 Å². The number of halogens is 2. The highest BCUT2D eigenvalue weighted by atomic mass is 79.9. The lowest BCUT2D eigenvalue weighted by Gasteiger charge is -2.21. The van der Waals surface area contributed by atoms with Gasteiger partial charge in [0.05, 0.1) is 16.7 Å². The molecule has 2 atom stereocenters. The first-order chi connectivity index (χ1) is 8.11. The monoisotopic (exact) mass is 302 g/mol. The zero-order chi connectivity index (χ0) is 12.4. The lowest BCUT2D eigenvalue weighted by molar-refractivity contribution is -0.0237. The molecule has 4 heteroatoms. The van der Waals surface area contributed by atoms with E-state index in [1.165, 1.54) is 6.07 Å². The second-order valence-electron chi connectivity index (χ2n) is 4.56. The van der Waals surface area contributed by atoms with E-state index in [0.29, 0.717) is 16.8 Å². The van der Waals surface area contributed by atoms with E-state index in [4.69, 9.17) is 4.74 Å². The average Bonchev–Trinajstić information content (AvgIpc) is 3.09. The number of hydrogen-bond acceptors (Lipinski definition) is 2. The molecule has 0 aliphatic heterocycles. The van der Waals surface area contributed by atoms with Gasteiger partial charge in [-0.25, -0.2) is 4.39 Å². The normalized spacial score (nSPS) is 19.1. The molecule has 0 aromatic heterocycles. The molecule has 1 aliphatic rings. The average molecular weight is 303 g/mol. The molecule has 2 unspecified atom stereocenters. The van der Waals surface area contributed by atoms with Gasteiger partial charge in [0.25, 0.3) is 0 Å². The fourth-order valence-electron chi connectivity index (χ4n) is 2.11. The van der Waals surface area contributed by atoms with E-state index in [1.807, 2.05) is 0 Å². The van der Waals surface area contributed by atoms with Crippen molar-refractivity contribution in [1.29, 1.82) is 0 Å². The maximum Gasteiger partial charge on any atom is 0.137 e. The smallest absolute Gasteiger partial charge is 0.137 e. The number of aliphatic hydroxyl groups excluding tert-OH is 1. The molecule has 0 radical (unpaired) electrons. The topological polar surface area (TPSA) is 29.5 Å². The van der Waals surface area contributed by atoms with Crippen molar-refractivity contribution in [1.82, 2.24) is 0 Å². The minimum absolute atomic E-state index is 0.0983. The number of benzene rings is 1. The Bertz CT molecular complexity index is 393. The molecule has 0 spiro atoms. The van der Waals surface area contributed by atoms with Gasteiger partial charge >= 0.3 is 0 Å². The molecule has 17 heavy (non-hydrogen) atoms. The molecule has 2 nitrogen and oxygen atoms in total. The standard InChI is InChI=1S/C13H16BrFO2/c1-17-13(9-3-4-9)12(16)7-8-2-5-11(15)10(14)6-8/h2,5-6,9,12-13,16H,3-4,7H2,1H3. The van der Waals surface area contributed by atoms with Crippen LogP contribution in [-0.4, -0.2) is 24.4 Å². The summed E-state index contributed by atoms with van der Waals surface area (Å²) in [7, 11) is 1.63. The maximum absolute atomic E-state index is 13.1. The Morgan fingerprint density at radius 1 is 1.53 bits per heavy atom. The number of hydrogen-bond donors (Lipinski definition) is 1. The second-order valence-corrected chi connectivity index (χ2v) is 5.41. The Balaban J connectivity index is 2.01. The SMILES string of the molecule is COC(C(O)Cc1ccc(F)c(Br)c1)C1CC1. The van der Waals surface area contributed by atoms with E-state index >= 15 is 0 Å². The van der Waals surface area contributed by atoms with Crippen LogP contribution >= 0.6 is 15.9 Å². The first kappa shape index (κ1) is 13.0. The number of ether oxygens (including phenoxy) is 1. The van der Waals surface area contributed by atoms with Crippen LogP contribution in [0.3, 0.4) is 0 Å². The summed E-state index contributed by atoms with van der Waals surface area (Å²) in [6, 6.07) is 4.81. The molecule has 0 amide bonds. The Morgan fingerprint density at radius 2 is 2.24 bits per heavy atom. The maximum atomic E-state index is 13.1. The lowest BCUT2D eigenvalue weighted by atomic mass is 10.0. The summed E-state index contributed by atoms with van der Waals surface area (Å²) in [6.45, 7) is 0. The molecule has 0 heterocycles. The van der Waals surface area contributed by atoms with Crippen molar-refractivity contribution in [3.05, 3.63) is 34.1 Å². The molecule has 0 bridgehead atoms. The van der Waals surface area contributed by atoms with Gasteiger partial charge in [-0.2, -0.15) is 0 Å². The van der Waals surface area contributed by atoms with Crippen LogP contribution in [0.2, 0.25) is 0 Å². The summed E-state index contributed by atoms with van der Waals surface area (Å²) in [5.41, 5.74) is 0.911. The molecule has 1 fully saturated rings. The van der Waals surface area contributed by atoms with Gasteiger partial charge in [0, 0.05) is 13.5 Å². The molecule has 1 aliphatic carbocycles. The van der Waals surface area contributed by atoms with Crippen molar-refractivity contribution in [2.75, 3.05) is 7.11 Å². The molecular weight excluding hydrogens is 287 g/mol. The molecule has 2 rings (SSSR count). The summed E-state index contributed by atoms with van der Waals surface area (Å²) < 4.78 is 18.8. The van der Waals surface area contributed by atoms with Gasteiger partial charge in [0.15, 0.2) is 0 Å². The first-order valence-electron chi connectivity index (χ1n) is 5.76. The first-order valence-corrected chi connectivity index (χ1v) is 6.56. The minimum atomic E-state index is -0.523. The summed E-state index contributed by atoms with van der Waals surface area (Å²) >= 11 is 3.14. The molecule has 1 N–H and O–H groups in total. The fourth-order valence-corrected chi connectivity index (χ4v) is 2.54. The fraction of sp³-hybridized carbons (Fsp3) is 0.538. The number of aliphatic hydroxyl groups is 1. The quantitative estimate of drug-likeness (QED) is 0.906. The largest absolute Gasteiger partial charge is 0.390 e. The van der Waals surface area contributed by atoms with Crippen molar-refractivity contribution in [2.45, 2.75) is 31.5 Å². The highest BCUT2D eigenvalue weighted by molar-refractivity contribution is 9.10. The molecule has 1 saturated carbocycles. The van der Waals surface area contributed by atoms with Crippen molar-refractivity contribution >= 4 is 15.9 Å². The van der Waals surface area contributed by atoms with E-state index in [1.54, 1.807) is 19.2 Å². The summed E-state index contributed by atoms with van der Waals surface area (Å²) in [5.74, 6) is 0.201. The Kier molecular flexibility index (Phi) is 4.17. The Hall–Kier alpha value is -0.450. The van der Waals surface area contributed by atoms with Crippen LogP contribution in [0, 0.1) is 11.7 Å². The zero-order valence-electron chi connectivity index (χ0n) is 9.70. The molecule has 0 saturated heterocycles.